The standard InChI is InChI=1S/C19H18N4O3/c1-26-18-5-2-14(3-6-18)9-21-10-15-12-22(13-16(15)11-21)17-4-7-19(20-8-17)23(24)25/h2-8,12-13H,9-11H2,1H3. The zero-order chi connectivity index (χ0) is 18.1. The lowest BCUT2D eigenvalue weighted by Crippen LogP contribution is -2.16. The van der Waals surface area contributed by atoms with E-state index in [0.29, 0.717) is 0 Å². The molecule has 0 bridgehead atoms. The maximum absolute atomic E-state index is 10.7. The number of benzene rings is 1. The van der Waals surface area contributed by atoms with E-state index in [1.807, 2.05) is 16.7 Å². The molecule has 7 heteroatoms. The predicted octanol–water partition coefficient (Wildman–Crippen LogP) is 3.30. The van der Waals surface area contributed by atoms with Crippen molar-refractivity contribution in [3.8, 4) is 11.4 Å². The molecule has 1 aliphatic heterocycles. The molecule has 0 radical (unpaired) electrons. The van der Waals surface area contributed by atoms with Gasteiger partial charge in [-0.05, 0) is 44.8 Å². The van der Waals surface area contributed by atoms with Crippen LogP contribution in [0.15, 0.2) is 55.0 Å². The molecule has 0 unspecified atom stereocenters. The van der Waals surface area contributed by atoms with Gasteiger partial charge in [-0.25, -0.2) is 0 Å². The average Bonchev–Trinajstić information content (AvgIpc) is 3.21. The first-order valence-electron chi connectivity index (χ1n) is 8.28. The smallest absolute Gasteiger partial charge is 0.363 e. The molecule has 1 aromatic carbocycles. The van der Waals surface area contributed by atoms with Crippen LogP contribution in [0.1, 0.15) is 16.7 Å². The Bertz CT molecular complexity index is 909. The number of nitrogens with zero attached hydrogens (tertiary/aromatic N) is 4. The maximum Gasteiger partial charge on any atom is 0.363 e. The quantitative estimate of drug-likeness (QED) is 0.521. The van der Waals surface area contributed by atoms with Crippen molar-refractivity contribution in [1.82, 2.24) is 14.5 Å². The molecule has 7 nitrogen and oxygen atoms in total. The molecule has 0 saturated heterocycles. The molecule has 0 N–H and O–H groups in total. The molecular formula is C19H18N4O3. The van der Waals surface area contributed by atoms with Crippen molar-refractivity contribution in [1.29, 1.82) is 0 Å². The summed E-state index contributed by atoms with van der Waals surface area (Å²) in [7, 11) is 1.67. The monoisotopic (exact) mass is 350 g/mol. The van der Waals surface area contributed by atoms with Crippen molar-refractivity contribution in [2.45, 2.75) is 19.6 Å². The first kappa shape index (κ1) is 16.3. The van der Waals surface area contributed by atoms with Crippen LogP contribution in [0.25, 0.3) is 5.69 Å². The number of hydrogen-bond acceptors (Lipinski definition) is 5. The third kappa shape index (κ3) is 3.16. The average molecular weight is 350 g/mol. The lowest BCUT2D eigenvalue weighted by Gasteiger charge is -2.15. The van der Waals surface area contributed by atoms with Gasteiger partial charge in [0.25, 0.3) is 0 Å². The van der Waals surface area contributed by atoms with Gasteiger partial charge in [-0.2, -0.15) is 0 Å². The molecule has 0 fully saturated rings. The van der Waals surface area contributed by atoms with Crippen molar-refractivity contribution in [2.24, 2.45) is 0 Å². The van der Waals surface area contributed by atoms with Crippen LogP contribution in [0, 0.1) is 10.1 Å². The van der Waals surface area contributed by atoms with Gasteiger partial charge in [0.15, 0.2) is 6.20 Å². The molecular weight excluding hydrogens is 332 g/mol. The van der Waals surface area contributed by atoms with E-state index in [-0.39, 0.29) is 5.82 Å². The second kappa shape index (κ2) is 6.61. The Morgan fingerprint density at radius 3 is 2.35 bits per heavy atom. The van der Waals surface area contributed by atoms with E-state index in [0.717, 1.165) is 31.1 Å². The molecule has 1 aliphatic rings. The van der Waals surface area contributed by atoms with Gasteiger partial charge in [0.1, 0.15) is 5.75 Å². The Morgan fingerprint density at radius 2 is 1.81 bits per heavy atom. The van der Waals surface area contributed by atoms with E-state index >= 15 is 0 Å². The van der Waals surface area contributed by atoms with Crippen LogP contribution >= 0.6 is 0 Å². The number of hydrogen-bond donors (Lipinski definition) is 0. The minimum Gasteiger partial charge on any atom is -0.497 e. The normalized spacial score (nSPS) is 13.6. The maximum atomic E-state index is 10.7. The highest BCUT2D eigenvalue weighted by Crippen LogP contribution is 2.27. The summed E-state index contributed by atoms with van der Waals surface area (Å²) in [5, 5.41) is 10.7. The number of pyridine rings is 1. The number of ether oxygens (including phenoxy) is 1. The third-order valence-electron chi connectivity index (χ3n) is 4.57. The van der Waals surface area contributed by atoms with Crippen molar-refractivity contribution in [2.75, 3.05) is 7.11 Å². The summed E-state index contributed by atoms with van der Waals surface area (Å²) in [4.78, 5) is 16.5. The fourth-order valence-electron chi connectivity index (χ4n) is 3.25. The van der Waals surface area contributed by atoms with E-state index in [4.69, 9.17) is 4.74 Å². The molecule has 0 spiro atoms. The van der Waals surface area contributed by atoms with E-state index in [1.54, 1.807) is 13.2 Å². The largest absolute Gasteiger partial charge is 0.497 e. The second-order valence-corrected chi connectivity index (χ2v) is 6.34. The Hall–Kier alpha value is -3.19. The predicted molar refractivity (Wildman–Crippen MR) is 96.2 cm³/mol. The molecule has 132 valence electrons. The van der Waals surface area contributed by atoms with Gasteiger partial charge >= 0.3 is 5.82 Å². The van der Waals surface area contributed by atoms with Crippen molar-refractivity contribution in [3.05, 3.63) is 81.8 Å². The second-order valence-electron chi connectivity index (χ2n) is 6.34. The fourth-order valence-corrected chi connectivity index (χ4v) is 3.25. The van der Waals surface area contributed by atoms with Crippen molar-refractivity contribution < 1.29 is 9.66 Å². The van der Waals surface area contributed by atoms with Crippen LogP contribution in [-0.2, 0) is 19.6 Å². The molecule has 3 heterocycles. The lowest BCUT2D eigenvalue weighted by molar-refractivity contribution is -0.389. The highest BCUT2D eigenvalue weighted by molar-refractivity contribution is 5.39. The van der Waals surface area contributed by atoms with Gasteiger partial charge in [-0.1, -0.05) is 12.1 Å². The summed E-state index contributed by atoms with van der Waals surface area (Å²) in [6, 6.07) is 11.3. The first-order valence-corrected chi connectivity index (χ1v) is 8.28. The zero-order valence-electron chi connectivity index (χ0n) is 14.3. The SMILES string of the molecule is COc1ccc(CN2Cc3cn(-c4ccc([N+](=O)[O-])nc4)cc3C2)cc1. The number of nitro groups is 1. The minimum atomic E-state index is -0.490. The number of aromatic nitrogens is 2. The van der Waals surface area contributed by atoms with Crippen molar-refractivity contribution >= 4 is 5.82 Å². The highest BCUT2D eigenvalue weighted by Gasteiger charge is 2.21. The van der Waals surface area contributed by atoms with Gasteiger partial charge < -0.3 is 19.4 Å². The molecule has 0 atom stereocenters. The molecule has 0 aliphatic carbocycles. The molecule has 3 aromatic rings. The molecule has 0 saturated carbocycles. The van der Waals surface area contributed by atoms with E-state index < -0.39 is 4.92 Å². The fraction of sp³-hybridized carbons (Fsp3) is 0.211. The number of methoxy groups -OCH3 is 1. The van der Waals surface area contributed by atoms with Gasteiger partial charge in [0, 0.05) is 38.1 Å². The topological polar surface area (TPSA) is 73.4 Å². The third-order valence-corrected chi connectivity index (χ3v) is 4.57. The van der Waals surface area contributed by atoms with Gasteiger partial charge in [0.2, 0.25) is 0 Å². The minimum absolute atomic E-state index is 0.140. The van der Waals surface area contributed by atoms with Crippen LogP contribution in [0.5, 0.6) is 5.75 Å². The zero-order valence-corrected chi connectivity index (χ0v) is 14.3. The van der Waals surface area contributed by atoms with Crippen LogP contribution in [-0.4, -0.2) is 26.5 Å². The summed E-state index contributed by atoms with van der Waals surface area (Å²) in [5.41, 5.74) is 4.63. The van der Waals surface area contributed by atoms with Crippen LogP contribution in [0.4, 0.5) is 5.82 Å². The Kier molecular flexibility index (Phi) is 4.14. The van der Waals surface area contributed by atoms with Crippen LogP contribution in [0.3, 0.4) is 0 Å². The van der Waals surface area contributed by atoms with Crippen LogP contribution in [0.2, 0.25) is 0 Å². The van der Waals surface area contributed by atoms with E-state index in [2.05, 4.69) is 34.4 Å². The molecule has 2 aromatic heterocycles. The summed E-state index contributed by atoms with van der Waals surface area (Å²) < 4.78 is 7.17. The van der Waals surface area contributed by atoms with Crippen molar-refractivity contribution in [3.63, 3.8) is 0 Å². The summed E-state index contributed by atoms with van der Waals surface area (Å²) in [6.07, 6.45) is 5.68. The Morgan fingerprint density at radius 1 is 1.12 bits per heavy atom. The summed E-state index contributed by atoms with van der Waals surface area (Å²) in [5.74, 6) is 0.726. The molecule has 26 heavy (non-hydrogen) atoms. The highest BCUT2D eigenvalue weighted by atomic mass is 16.6. The first-order chi connectivity index (χ1) is 12.6. The Balaban J connectivity index is 1.44. The van der Waals surface area contributed by atoms with E-state index in [1.165, 1.54) is 29.0 Å². The van der Waals surface area contributed by atoms with Gasteiger partial charge in [-0.15, -0.1) is 0 Å². The Labute approximate surface area is 150 Å². The molecule has 0 amide bonds. The van der Waals surface area contributed by atoms with Gasteiger partial charge in [-0.3, -0.25) is 4.90 Å². The van der Waals surface area contributed by atoms with Crippen LogP contribution < -0.4 is 4.74 Å². The molecule has 4 rings (SSSR count). The lowest BCUT2D eigenvalue weighted by atomic mass is 10.2. The summed E-state index contributed by atoms with van der Waals surface area (Å²) >= 11 is 0. The number of fused-ring (bicyclic) bond motifs is 1. The summed E-state index contributed by atoms with van der Waals surface area (Å²) in [6.45, 7) is 2.65. The van der Waals surface area contributed by atoms with Gasteiger partial charge in [0.05, 0.1) is 12.8 Å². The number of rotatable bonds is 5. The van der Waals surface area contributed by atoms with E-state index in [9.17, 15) is 10.1 Å².